The lowest BCUT2D eigenvalue weighted by Gasteiger charge is -2.24. The largest absolute Gasteiger partial charge is 0.494 e. The molecule has 3 rings (SSSR count). The molecular weight excluding hydrogens is 480 g/mol. The van der Waals surface area contributed by atoms with Gasteiger partial charge in [0.2, 0.25) is 5.91 Å². The van der Waals surface area contributed by atoms with Gasteiger partial charge in [0.05, 0.1) is 17.2 Å². The zero-order valence-corrected chi connectivity index (χ0v) is 19.4. The van der Waals surface area contributed by atoms with Gasteiger partial charge in [0, 0.05) is 11.0 Å². The van der Waals surface area contributed by atoms with Gasteiger partial charge < -0.3 is 10.1 Å². The Balaban J connectivity index is 1.76. The van der Waals surface area contributed by atoms with Gasteiger partial charge in [-0.2, -0.15) is 0 Å². The van der Waals surface area contributed by atoms with Gasteiger partial charge in [-0.25, -0.2) is 8.42 Å². The van der Waals surface area contributed by atoms with Crippen LogP contribution < -0.4 is 14.4 Å². The molecule has 0 saturated heterocycles. The maximum atomic E-state index is 13.2. The van der Waals surface area contributed by atoms with E-state index in [2.05, 4.69) is 21.2 Å². The summed E-state index contributed by atoms with van der Waals surface area (Å²) in [4.78, 5) is 12.8. The second kappa shape index (κ2) is 10.5. The van der Waals surface area contributed by atoms with E-state index in [9.17, 15) is 13.2 Å². The average Bonchev–Trinajstić information content (AvgIpc) is 2.78. The highest BCUT2D eigenvalue weighted by Crippen LogP contribution is 2.25. The van der Waals surface area contributed by atoms with Gasteiger partial charge in [0.1, 0.15) is 12.3 Å². The van der Waals surface area contributed by atoms with Crippen molar-refractivity contribution in [2.45, 2.75) is 18.4 Å². The highest BCUT2D eigenvalue weighted by Gasteiger charge is 2.27. The first-order valence-corrected chi connectivity index (χ1v) is 12.0. The number of sulfonamides is 1. The molecule has 0 aromatic heterocycles. The molecule has 1 amide bonds. The normalized spacial score (nSPS) is 11.0. The van der Waals surface area contributed by atoms with Crippen LogP contribution in [-0.2, 0) is 21.4 Å². The standard InChI is InChI=1S/C23H23BrN2O4S/c1-2-30-21-14-8-18(9-15-21)16-25-23(27)17-26(20-12-10-19(24)11-13-20)31(28,29)22-6-4-3-5-7-22/h3-15H,2,16-17H2,1H3,(H,25,27). The molecule has 0 unspecified atom stereocenters. The zero-order chi connectivity index (χ0) is 22.3. The summed E-state index contributed by atoms with van der Waals surface area (Å²) >= 11 is 3.35. The molecule has 0 bridgehead atoms. The molecule has 0 atom stereocenters. The van der Waals surface area contributed by atoms with E-state index in [1.54, 1.807) is 42.5 Å². The fourth-order valence-corrected chi connectivity index (χ4v) is 4.61. The first-order chi connectivity index (χ1) is 14.9. The summed E-state index contributed by atoms with van der Waals surface area (Å²) < 4.78 is 33.8. The van der Waals surface area contributed by atoms with E-state index < -0.39 is 15.9 Å². The third-order valence-electron chi connectivity index (χ3n) is 4.46. The number of anilines is 1. The molecule has 0 aliphatic carbocycles. The third kappa shape index (κ3) is 6.08. The predicted octanol–water partition coefficient (Wildman–Crippen LogP) is 4.36. The molecule has 31 heavy (non-hydrogen) atoms. The minimum absolute atomic E-state index is 0.122. The summed E-state index contributed by atoms with van der Waals surface area (Å²) in [6.07, 6.45) is 0. The summed E-state index contributed by atoms with van der Waals surface area (Å²) in [5.74, 6) is 0.351. The van der Waals surface area contributed by atoms with Crippen molar-refractivity contribution in [3.63, 3.8) is 0 Å². The molecule has 8 heteroatoms. The number of carbonyl (C=O) groups is 1. The summed E-state index contributed by atoms with van der Waals surface area (Å²) in [5.41, 5.74) is 1.29. The van der Waals surface area contributed by atoms with Crippen molar-refractivity contribution in [2.75, 3.05) is 17.5 Å². The SMILES string of the molecule is CCOc1ccc(CNC(=O)CN(c2ccc(Br)cc2)S(=O)(=O)c2ccccc2)cc1. The van der Waals surface area contributed by atoms with Crippen LogP contribution in [-0.4, -0.2) is 27.5 Å². The van der Waals surface area contributed by atoms with Crippen LogP contribution in [0.1, 0.15) is 12.5 Å². The van der Waals surface area contributed by atoms with E-state index in [1.807, 2.05) is 31.2 Å². The van der Waals surface area contributed by atoms with Crippen LogP contribution in [0.25, 0.3) is 0 Å². The Labute approximate surface area is 191 Å². The third-order valence-corrected chi connectivity index (χ3v) is 6.77. The van der Waals surface area contributed by atoms with Crippen LogP contribution in [0.15, 0.2) is 88.2 Å². The van der Waals surface area contributed by atoms with Gasteiger partial charge in [-0.05, 0) is 61.0 Å². The Morgan fingerprint density at radius 3 is 2.23 bits per heavy atom. The van der Waals surface area contributed by atoms with Crippen LogP contribution in [0.5, 0.6) is 5.75 Å². The minimum atomic E-state index is -3.92. The van der Waals surface area contributed by atoms with Crippen LogP contribution in [0, 0.1) is 0 Å². The highest BCUT2D eigenvalue weighted by molar-refractivity contribution is 9.10. The molecular formula is C23H23BrN2O4S. The molecule has 0 aliphatic rings. The number of nitrogens with zero attached hydrogens (tertiary/aromatic N) is 1. The number of hydrogen-bond donors (Lipinski definition) is 1. The maximum absolute atomic E-state index is 13.2. The molecule has 3 aromatic carbocycles. The van der Waals surface area contributed by atoms with E-state index in [-0.39, 0.29) is 18.0 Å². The average molecular weight is 503 g/mol. The molecule has 6 nitrogen and oxygen atoms in total. The van der Waals surface area contributed by atoms with Crippen LogP contribution in [0.4, 0.5) is 5.69 Å². The minimum Gasteiger partial charge on any atom is -0.494 e. The van der Waals surface area contributed by atoms with E-state index in [1.165, 1.54) is 12.1 Å². The van der Waals surface area contributed by atoms with Gasteiger partial charge in [0.25, 0.3) is 10.0 Å². The Kier molecular flexibility index (Phi) is 7.70. The number of ether oxygens (including phenoxy) is 1. The van der Waals surface area contributed by atoms with Crippen molar-refractivity contribution in [1.29, 1.82) is 0 Å². The smallest absolute Gasteiger partial charge is 0.264 e. The molecule has 0 aliphatic heterocycles. The number of rotatable bonds is 9. The number of carbonyl (C=O) groups excluding carboxylic acids is 1. The van der Waals surface area contributed by atoms with Crippen molar-refractivity contribution in [3.05, 3.63) is 88.9 Å². The zero-order valence-electron chi connectivity index (χ0n) is 17.0. The molecule has 0 radical (unpaired) electrons. The number of amides is 1. The van der Waals surface area contributed by atoms with Crippen molar-refractivity contribution in [1.82, 2.24) is 5.32 Å². The van der Waals surface area contributed by atoms with Crippen LogP contribution >= 0.6 is 15.9 Å². The van der Waals surface area contributed by atoms with Gasteiger partial charge in [-0.1, -0.05) is 46.3 Å². The molecule has 162 valence electrons. The summed E-state index contributed by atoms with van der Waals surface area (Å²) in [5, 5.41) is 2.79. The van der Waals surface area contributed by atoms with Gasteiger partial charge in [-0.15, -0.1) is 0 Å². The summed E-state index contributed by atoms with van der Waals surface area (Å²) in [6, 6.07) is 22.2. The van der Waals surface area contributed by atoms with E-state index >= 15 is 0 Å². The van der Waals surface area contributed by atoms with Crippen molar-refractivity contribution in [2.24, 2.45) is 0 Å². The second-order valence-corrected chi connectivity index (χ2v) is 9.43. The van der Waals surface area contributed by atoms with E-state index in [0.717, 1.165) is 20.1 Å². The number of halogens is 1. The number of benzene rings is 3. The van der Waals surface area contributed by atoms with Gasteiger partial charge in [-0.3, -0.25) is 9.10 Å². The first-order valence-electron chi connectivity index (χ1n) is 9.72. The summed E-state index contributed by atoms with van der Waals surface area (Å²) in [6.45, 7) is 2.44. The monoisotopic (exact) mass is 502 g/mol. The van der Waals surface area contributed by atoms with Crippen LogP contribution in [0.2, 0.25) is 0 Å². The van der Waals surface area contributed by atoms with Crippen LogP contribution in [0.3, 0.4) is 0 Å². The molecule has 3 aromatic rings. The topological polar surface area (TPSA) is 75.7 Å². The number of hydrogen-bond acceptors (Lipinski definition) is 4. The second-order valence-electron chi connectivity index (χ2n) is 6.65. The summed E-state index contributed by atoms with van der Waals surface area (Å²) in [7, 11) is -3.92. The number of nitrogens with one attached hydrogen (secondary N) is 1. The van der Waals surface area contributed by atoms with Crippen molar-refractivity contribution >= 4 is 37.5 Å². The Hall–Kier alpha value is -2.84. The lowest BCUT2D eigenvalue weighted by molar-refractivity contribution is -0.119. The van der Waals surface area contributed by atoms with Gasteiger partial charge >= 0.3 is 0 Å². The fraction of sp³-hybridized carbons (Fsp3) is 0.174. The Bertz CT molecular complexity index is 1100. The highest BCUT2D eigenvalue weighted by atomic mass is 79.9. The van der Waals surface area contributed by atoms with E-state index in [4.69, 9.17) is 4.74 Å². The maximum Gasteiger partial charge on any atom is 0.264 e. The van der Waals surface area contributed by atoms with E-state index in [0.29, 0.717) is 12.3 Å². The van der Waals surface area contributed by atoms with Gasteiger partial charge in [0.15, 0.2) is 0 Å². The first kappa shape index (κ1) is 22.8. The molecule has 1 N–H and O–H groups in total. The predicted molar refractivity (Wildman–Crippen MR) is 125 cm³/mol. The lowest BCUT2D eigenvalue weighted by Crippen LogP contribution is -2.40. The Morgan fingerprint density at radius 1 is 0.968 bits per heavy atom. The quantitative estimate of drug-likeness (QED) is 0.471. The molecule has 0 spiro atoms. The Morgan fingerprint density at radius 2 is 1.61 bits per heavy atom. The molecule has 0 heterocycles. The van der Waals surface area contributed by atoms with Crippen molar-refractivity contribution in [3.8, 4) is 5.75 Å². The van der Waals surface area contributed by atoms with Crippen molar-refractivity contribution < 1.29 is 17.9 Å². The molecule has 0 saturated carbocycles. The lowest BCUT2D eigenvalue weighted by atomic mass is 10.2. The molecule has 0 fully saturated rings. The fourth-order valence-electron chi connectivity index (χ4n) is 2.90.